The van der Waals surface area contributed by atoms with Crippen molar-refractivity contribution in [3.05, 3.63) is 29.8 Å². The van der Waals surface area contributed by atoms with Gasteiger partial charge in [0.15, 0.2) is 5.96 Å². The summed E-state index contributed by atoms with van der Waals surface area (Å²) in [5, 5.41) is 6.81. The minimum absolute atomic E-state index is 0. The zero-order valence-electron chi connectivity index (χ0n) is 16.0. The highest BCUT2D eigenvalue weighted by molar-refractivity contribution is 14.0. The molecule has 1 saturated heterocycles. The molecule has 0 saturated carbocycles. The number of benzene rings is 1. The zero-order valence-corrected chi connectivity index (χ0v) is 18.4. The first-order valence-electron chi connectivity index (χ1n) is 9.66. The van der Waals surface area contributed by atoms with Gasteiger partial charge in [0.2, 0.25) is 0 Å². The Morgan fingerprint density at radius 2 is 2.15 bits per heavy atom. The van der Waals surface area contributed by atoms with Crippen LogP contribution in [0.25, 0.3) is 0 Å². The SMILES string of the molecule is CN=C(NCCCN1CCCC(C)C1)NCC1Cc2ccccc2O1.I. The fourth-order valence-corrected chi connectivity index (χ4v) is 3.80. The summed E-state index contributed by atoms with van der Waals surface area (Å²) in [4.78, 5) is 6.91. The number of ether oxygens (including phenoxy) is 1. The number of nitrogens with one attached hydrogen (secondary N) is 2. The maximum Gasteiger partial charge on any atom is 0.191 e. The van der Waals surface area contributed by atoms with Crippen LogP contribution >= 0.6 is 24.0 Å². The minimum atomic E-state index is 0. The summed E-state index contributed by atoms with van der Waals surface area (Å²) in [5.41, 5.74) is 1.30. The van der Waals surface area contributed by atoms with E-state index in [1.807, 2.05) is 19.2 Å². The Morgan fingerprint density at radius 1 is 1.31 bits per heavy atom. The number of hydrogen-bond acceptors (Lipinski definition) is 3. The van der Waals surface area contributed by atoms with E-state index >= 15 is 0 Å². The average Bonchev–Trinajstić information content (AvgIpc) is 3.04. The van der Waals surface area contributed by atoms with Crippen LogP contribution in [0, 0.1) is 5.92 Å². The Morgan fingerprint density at radius 3 is 2.92 bits per heavy atom. The standard InChI is InChI=1S/C20H32N4O.HI/c1-16-7-5-11-24(15-16)12-6-10-22-20(21-2)23-14-18-13-17-8-3-4-9-19(17)25-18;/h3-4,8-9,16,18H,5-7,10-15H2,1-2H3,(H2,21,22,23);1H. The molecule has 2 atom stereocenters. The molecule has 2 aliphatic heterocycles. The van der Waals surface area contributed by atoms with Crippen LogP contribution in [0.5, 0.6) is 5.75 Å². The fraction of sp³-hybridized carbons (Fsp3) is 0.650. The van der Waals surface area contributed by atoms with E-state index in [-0.39, 0.29) is 30.1 Å². The number of halogens is 1. The second kappa shape index (κ2) is 11.0. The Hall–Kier alpha value is -1.02. The van der Waals surface area contributed by atoms with Crippen molar-refractivity contribution < 1.29 is 4.74 Å². The number of guanidine groups is 1. The van der Waals surface area contributed by atoms with Gasteiger partial charge in [0.1, 0.15) is 11.9 Å². The van der Waals surface area contributed by atoms with Gasteiger partial charge in [-0.2, -0.15) is 0 Å². The lowest BCUT2D eigenvalue weighted by Crippen LogP contribution is -2.43. The molecule has 0 aliphatic carbocycles. The molecule has 0 bridgehead atoms. The fourth-order valence-electron chi connectivity index (χ4n) is 3.80. The molecule has 2 aliphatic rings. The molecule has 0 amide bonds. The number of para-hydroxylation sites is 1. The van der Waals surface area contributed by atoms with Gasteiger partial charge >= 0.3 is 0 Å². The lowest BCUT2D eigenvalue weighted by Gasteiger charge is -2.30. The van der Waals surface area contributed by atoms with Crippen molar-refractivity contribution >= 4 is 29.9 Å². The lowest BCUT2D eigenvalue weighted by atomic mass is 10.0. The highest BCUT2D eigenvalue weighted by Gasteiger charge is 2.22. The first kappa shape index (κ1) is 21.3. The van der Waals surface area contributed by atoms with Gasteiger partial charge in [-0.15, -0.1) is 24.0 Å². The van der Waals surface area contributed by atoms with Gasteiger partial charge in [0.05, 0.1) is 6.54 Å². The average molecular weight is 472 g/mol. The summed E-state index contributed by atoms with van der Waals surface area (Å²) in [5.74, 6) is 2.74. The molecule has 146 valence electrons. The number of piperidine rings is 1. The molecule has 0 spiro atoms. The first-order valence-corrected chi connectivity index (χ1v) is 9.66. The molecule has 1 aromatic carbocycles. The van der Waals surface area contributed by atoms with Crippen LogP contribution in [-0.2, 0) is 6.42 Å². The smallest absolute Gasteiger partial charge is 0.191 e. The predicted octanol–water partition coefficient (Wildman–Crippen LogP) is 2.90. The second-order valence-corrected chi connectivity index (χ2v) is 7.33. The molecule has 6 heteroatoms. The molecule has 26 heavy (non-hydrogen) atoms. The van der Waals surface area contributed by atoms with Crippen LogP contribution in [0.3, 0.4) is 0 Å². The minimum Gasteiger partial charge on any atom is -0.488 e. The number of fused-ring (bicyclic) bond motifs is 1. The molecule has 0 radical (unpaired) electrons. The van der Waals surface area contributed by atoms with Gasteiger partial charge in [-0.05, 0) is 49.9 Å². The molecule has 1 fully saturated rings. The number of nitrogens with zero attached hydrogens (tertiary/aromatic N) is 2. The van der Waals surface area contributed by atoms with Crippen molar-refractivity contribution in [3.63, 3.8) is 0 Å². The molecule has 2 heterocycles. The van der Waals surface area contributed by atoms with Crippen LogP contribution in [0.1, 0.15) is 31.7 Å². The summed E-state index contributed by atoms with van der Waals surface area (Å²) in [6, 6.07) is 8.29. The van der Waals surface area contributed by atoms with E-state index < -0.39 is 0 Å². The van der Waals surface area contributed by atoms with Gasteiger partial charge in [-0.1, -0.05) is 25.1 Å². The first-order chi connectivity index (χ1) is 12.2. The maximum atomic E-state index is 5.96. The molecule has 2 N–H and O–H groups in total. The second-order valence-electron chi connectivity index (χ2n) is 7.33. The molecular formula is C20H33IN4O. The summed E-state index contributed by atoms with van der Waals surface area (Å²) in [6.07, 6.45) is 5.04. The topological polar surface area (TPSA) is 48.9 Å². The quantitative estimate of drug-likeness (QED) is 0.290. The van der Waals surface area contributed by atoms with E-state index in [2.05, 4.69) is 39.6 Å². The van der Waals surface area contributed by atoms with Gasteiger partial charge in [0.25, 0.3) is 0 Å². The molecule has 2 unspecified atom stereocenters. The summed E-state index contributed by atoms with van der Waals surface area (Å²) in [7, 11) is 1.83. The van der Waals surface area contributed by atoms with Gasteiger partial charge < -0.3 is 20.3 Å². The third-order valence-electron chi connectivity index (χ3n) is 5.12. The Balaban J connectivity index is 0.00000243. The number of rotatable bonds is 6. The van der Waals surface area contributed by atoms with E-state index in [1.54, 1.807) is 0 Å². The van der Waals surface area contributed by atoms with E-state index in [0.717, 1.165) is 43.6 Å². The molecule has 3 rings (SSSR count). The van der Waals surface area contributed by atoms with Crippen molar-refractivity contribution in [2.24, 2.45) is 10.9 Å². The van der Waals surface area contributed by atoms with Crippen LogP contribution in [0.4, 0.5) is 0 Å². The monoisotopic (exact) mass is 472 g/mol. The van der Waals surface area contributed by atoms with E-state index in [0.29, 0.717) is 0 Å². The summed E-state index contributed by atoms with van der Waals surface area (Å²) in [6.45, 7) is 7.78. The normalized spacial score (nSPS) is 22.9. The van der Waals surface area contributed by atoms with Crippen molar-refractivity contribution in [1.29, 1.82) is 0 Å². The van der Waals surface area contributed by atoms with Crippen molar-refractivity contribution in [1.82, 2.24) is 15.5 Å². The summed E-state index contributed by atoms with van der Waals surface area (Å²) < 4.78 is 5.96. The van der Waals surface area contributed by atoms with Crippen LogP contribution < -0.4 is 15.4 Å². The molecule has 0 aromatic heterocycles. The van der Waals surface area contributed by atoms with Crippen molar-refractivity contribution in [2.45, 2.75) is 38.7 Å². The van der Waals surface area contributed by atoms with Crippen molar-refractivity contribution in [2.75, 3.05) is 39.8 Å². The van der Waals surface area contributed by atoms with E-state index in [9.17, 15) is 0 Å². The van der Waals surface area contributed by atoms with Crippen LogP contribution in [0.15, 0.2) is 29.3 Å². The zero-order chi connectivity index (χ0) is 17.5. The third kappa shape index (κ3) is 6.30. The Labute approximate surface area is 175 Å². The largest absolute Gasteiger partial charge is 0.488 e. The number of hydrogen-bond donors (Lipinski definition) is 2. The maximum absolute atomic E-state index is 5.96. The number of aliphatic imine (C=N–C) groups is 1. The molecule has 5 nitrogen and oxygen atoms in total. The van der Waals surface area contributed by atoms with Crippen LogP contribution in [0.2, 0.25) is 0 Å². The van der Waals surface area contributed by atoms with E-state index in [4.69, 9.17) is 4.74 Å². The lowest BCUT2D eigenvalue weighted by molar-refractivity contribution is 0.182. The highest BCUT2D eigenvalue weighted by Crippen LogP contribution is 2.27. The van der Waals surface area contributed by atoms with Gasteiger partial charge in [0, 0.05) is 26.6 Å². The molecular weight excluding hydrogens is 439 g/mol. The molecule has 1 aromatic rings. The highest BCUT2D eigenvalue weighted by atomic mass is 127. The Bertz CT molecular complexity index is 556. The third-order valence-corrected chi connectivity index (χ3v) is 5.12. The Kier molecular flexibility index (Phi) is 8.98. The number of likely N-dealkylation sites (tertiary alicyclic amines) is 1. The van der Waals surface area contributed by atoms with Gasteiger partial charge in [-0.3, -0.25) is 4.99 Å². The van der Waals surface area contributed by atoms with E-state index in [1.165, 1.54) is 38.0 Å². The van der Waals surface area contributed by atoms with Crippen LogP contribution in [-0.4, -0.2) is 56.7 Å². The summed E-state index contributed by atoms with van der Waals surface area (Å²) >= 11 is 0. The predicted molar refractivity (Wildman–Crippen MR) is 119 cm³/mol. The van der Waals surface area contributed by atoms with Gasteiger partial charge in [-0.25, -0.2) is 0 Å². The van der Waals surface area contributed by atoms with Crippen molar-refractivity contribution in [3.8, 4) is 5.75 Å².